The topological polar surface area (TPSA) is 52.1 Å². The summed E-state index contributed by atoms with van der Waals surface area (Å²) < 4.78 is 42.6. The van der Waals surface area contributed by atoms with Crippen LogP contribution in [-0.2, 0) is 4.74 Å². The first kappa shape index (κ1) is 23.7. The molecule has 0 spiro atoms. The maximum Gasteiger partial charge on any atom is 0.401 e. The fourth-order valence-corrected chi connectivity index (χ4v) is 3.58. The molecule has 6 nitrogen and oxygen atoms in total. The minimum Gasteiger partial charge on any atom is -0.383 e. The lowest BCUT2D eigenvalue weighted by Gasteiger charge is -2.26. The molecule has 10 heteroatoms. The number of likely N-dealkylation sites (tertiary alicyclic amines) is 2. The van der Waals surface area contributed by atoms with Gasteiger partial charge in [-0.05, 0) is 25.8 Å². The Morgan fingerprint density at radius 1 is 1.27 bits per heavy atom. The van der Waals surface area contributed by atoms with Crippen LogP contribution in [0.4, 0.5) is 13.2 Å². The molecule has 2 aliphatic heterocycles. The summed E-state index contributed by atoms with van der Waals surface area (Å²) in [6.07, 6.45) is -1.13. The molecule has 2 unspecified atom stereocenters. The van der Waals surface area contributed by atoms with Gasteiger partial charge in [-0.25, -0.2) is 0 Å². The van der Waals surface area contributed by atoms with E-state index in [-0.39, 0.29) is 30.0 Å². The molecule has 2 atom stereocenters. The lowest BCUT2D eigenvalue weighted by molar-refractivity contribution is -0.143. The van der Waals surface area contributed by atoms with E-state index in [1.807, 2.05) is 0 Å². The average Bonchev–Trinajstić information content (AvgIpc) is 3.16. The van der Waals surface area contributed by atoms with Gasteiger partial charge in [0.15, 0.2) is 5.96 Å². The van der Waals surface area contributed by atoms with Crippen LogP contribution >= 0.6 is 24.0 Å². The lowest BCUT2D eigenvalue weighted by atomic mass is 10.2. The summed E-state index contributed by atoms with van der Waals surface area (Å²) in [5.74, 6) is 0.664. The highest BCUT2D eigenvalue weighted by Gasteiger charge is 2.34. The number of alkyl halides is 3. The summed E-state index contributed by atoms with van der Waals surface area (Å²) in [7, 11) is 3.40. The number of guanidine groups is 1. The third-order valence-corrected chi connectivity index (χ3v) is 4.83. The predicted molar refractivity (Wildman–Crippen MR) is 107 cm³/mol. The van der Waals surface area contributed by atoms with Gasteiger partial charge in [0, 0.05) is 52.4 Å². The highest BCUT2D eigenvalue weighted by Crippen LogP contribution is 2.20. The first-order chi connectivity index (χ1) is 11.9. The Morgan fingerprint density at radius 2 is 2.04 bits per heavy atom. The van der Waals surface area contributed by atoms with Crippen LogP contribution in [0.15, 0.2) is 4.99 Å². The minimum absolute atomic E-state index is 0. The molecule has 0 aromatic heterocycles. The Morgan fingerprint density at radius 3 is 2.69 bits per heavy atom. The quantitative estimate of drug-likeness (QED) is 0.320. The number of ether oxygens (including phenoxy) is 1. The summed E-state index contributed by atoms with van der Waals surface area (Å²) in [4.78, 5) is 8.06. The summed E-state index contributed by atoms with van der Waals surface area (Å²) in [5, 5.41) is 6.57. The molecule has 2 fully saturated rings. The molecular weight excluding hydrogens is 462 g/mol. The molecule has 0 aliphatic carbocycles. The van der Waals surface area contributed by atoms with Gasteiger partial charge in [0.1, 0.15) is 0 Å². The van der Waals surface area contributed by atoms with Gasteiger partial charge in [-0.2, -0.15) is 13.2 Å². The largest absolute Gasteiger partial charge is 0.401 e. The van der Waals surface area contributed by atoms with Crippen molar-refractivity contribution in [2.45, 2.75) is 37.5 Å². The van der Waals surface area contributed by atoms with Crippen LogP contribution in [0, 0.1) is 0 Å². The van der Waals surface area contributed by atoms with Crippen LogP contribution in [-0.4, -0.2) is 94.1 Å². The molecule has 2 rings (SSSR count). The number of hydrogen-bond acceptors (Lipinski definition) is 4. The zero-order valence-corrected chi connectivity index (χ0v) is 17.8. The van der Waals surface area contributed by atoms with Crippen molar-refractivity contribution in [3.05, 3.63) is 0 Å². The van der Waals surface area contributed by atoms with Crippen molar-refractivity contribution >= 4 is 29.9 Å². The number of hydrogen-bond donors (Lipinski definition) is 2. The van der Waals surface area contributed by atoms with Gasteiger partial charge in [0.05, 0.1) is 13.2 Å². The maximum absolute atomic E-state index is 12.5. The number of aliphatic imine (C=N–C) groups is 1. The third-order valence-electron chi connectivity index (χ3n) is 4.83. The second-order valence-electron chi connectivity index (χ2n) is 6.76. The molecular formula is C16H31F3IN5O. The van der Waals surface area contributed by atoms with Gasteiger partial charge in [-0.3, -0.25) is 14.8 Å². The Labute approximate surface area is 170 Å². The van der Waals surface area contributed by atoms with E-state index < -0.39 is 12.7 Å². The van der Waals surface area contributed by atoms with E-state index in [1.54, 1.807) is 14.2 Å². The molecule has 0 aromatic carbocycles. The highest BCUT2D eigenvalue weighted by atomic mass is 127. The Kier molecular flexibility index (Phi) is 10.5. The standard InChI is InChI=1S/C16H30F3N5O.HI/c1-20-15(21-10-14-4-3-6-24(14)8-9-25-2)22-13-5-7-23(11-13)12-16(17,18)19;/h13-14H,3-12H2,1-2H3,(H2,20,21,22);1H. The molecule has 26 heavy (non-hydrogen) atoms. The van der Waals surface area contributed by atoms with E-state index in [9.17, 15) is 13.2 Å². The summed E-state index contributed by atoms with van der Waals surface area (Å²) in [6, 6.07) is 0.445. The number of nitrogens with one attached hydrogen (secondary N) is 2. The van der Waals surface area contributed by atoms with E-state index in [4.69, 9.17) is 4.74 Å². The Balaban J connectivity index is 0.00000338. The molecule has 0 radical (unpaired) electrons. The molecule has 2 saturated heterocycles. The van der Waals surface area contributed by atoms with Crippen molar-refractivity contribution < 1.29 is 17.9 Å². The van der Waals surface area contributed by atoms with Crippen LogP contribution in [0.3, 0.4) is 0 Å². The number of nitrogens with zero attached hydrogens (tertiary/aromatic N) is 3. The molecule has 0 saturated carbocycles. The van der Waals surface area contributed by atoms with Crippen LogP contribution in [0.1, 0.15) is 19.3 Å². The lowest BCUT2D eigenvalue weighted by Crippen LogP contribution is -2.49. The Bertz CT molecular complexity index is 439. The average molecular weight is 493 g/mol. The van der Waals surface area contributed by atoms with Gasteiger partial charge in [0.25, 0.3) is 0 Å². The van der Waals surface area contributed by atoms with Crippen LogP contribution in [0.2, 0.25) is 0 Å². The van der Waals surface area contributed by atoms with Crippen molar-refractivity contribution in [1.29, 1.82) is 0 Å². The van der Waals surface area contributed by atoms with Gasteiger partial charge >= 0.3 is 6.18 Å². The van der Waals surface area contributed by atoms with Crippen LogP contribution in [0.25, 0.3) is 0 Å². The third kappa shape index (κ3) is 8.13. The summed E-state index contributed by atoms with van der Waals surface area (Å²) in [6.45, 7) is 3.52. The first-order valence-corrected chi connectivity index (χ1v) is 8.90. The zero-order valence-electron chi connectivity index (χ0n) is 15.5. The molecule has 0 amide bonds. The second-order valence-corrected chi connectivity index (χ2v) is 6.76. The number of rotatable bonds is 7. The van der Waals surface area contributed by atoms with Crippen molar-refractivity contribution in [1.82, 2.24) is 20.4 Å². The molecule has 154 valence electrons. The van der Waals surface area contributed by atoms with E-state index >= 15 is 0 Å². The number of methoxy groups -OCH3 is 1. The zero-order chi connectivity index (χ0) is 18.3. The second kappa shape index (κ2) is 11.5. The highest BCUT2D eigenvalue weighted by molar-refractivity contribution is 14.0. The van der Waals surface area contributed by atoms with E-state index in [0.29, 0.717) is 31.5 Å². The van der Waals surface area contributed by atoms with E-state index in [2.05, 4.69) is 20.5 Å². The van der Waals surface area contributed by atoms with Crippen molar-refractivity contribution in [2.75, 3.05) is 60.0 Å². The fraction of sp³-hybridized carbons (Fsp3) is 0.938. The molecule has 0 aromatic rings. The van der Waals surface area contributed by atoms with Crippen molar-refractivity contribution in [2.24, 2.45) is 4.99 Å². The van der Waals surface area contributed by atoms with E-state index in [0.717, 1.165) is 32.7 Å². The fourth-order valence-electron chi connectivity index (χ4n) is 3.58. The van der Waals surface area contributed by atoms with Crippen molar-refractivity contribution in [3.63, 3.8) is 0 Å². The molecule has 2 aliphatic rings. The minimum atomic E-state index is -4.14. The molecule has 2 heterocycles. The molecule has 0 bridgehead atoms. The van der Waals surface area contributed by atoms with Gasteiger partial charge in [-0.1, -0.05) is 0 Å². The maximum atomic E-state index is 12.5. The Hall–Kier alpha value is -0.330. The van der Waals surface area contributed by atoms with Crippen LogP contribution < -0.4 is 10.6 Å². The smallest absolute Gasteiger partial charge is 0.383 e. The monoisotopic (exact) mass is 493 g/mol. The summed E-state index contributed by atoms with van der Waals surface area (Å²) in [5.41, 5.74) is 0. The normalized spacial score (nSPS) is 25.3. The van der Waals surface area contributed by atoms with E-state index in [1.165, 1.54) is 11.3 Å². The molecule has 2 N–H and O–H groups in total. The first-order valence-electron chi connectivity index (χ1n) is 8.90. The van der Waals surface area contributed by atoms with Gasteiger partial charge in [-0.15, -0.1) is 24.0 Å². The van der Waals surface area contributed by atoms with Gasteiger partial charge < -0.3 is 15.4 Å². The SMILES string of the molecule is CN=C(NCC1CCCN1CCOC)NC1CCN(CC(F)(F)F)C1.I. The van der Waals surface area contributed by atoms with Gasteiger partial charge in [0.2, 0.25) is 0 Å². The number of halogens is 4. The predicted octanol–water partition coefficient (Wildman–Crippen LogP) is 1.52. The van der Waals surface area contributed by atoms with Crippen molar-refractivity contribution in [3.8, 4) is 0 Å². The van der Waals surface area contributed by atoms with Crippen LogP contribution in [0.5, 0.6) is 0 Å². The summed E-state index contributed by atoms with van der Waals surface area (Å²) >= 11 is 0.